The summed E-state index contributed by atoms with van der Waals surface area (Å²) in [5.74, 6) is 0. The zero-order valence-electron chi connectivity index (χ0n) is 12.4. The molecule has 0 aromatic carbocycles. The Hall–Kier alpha value is 0.546. The van der Waals surface area contributed by atoms with Gasteiger partial charge in [0.1, 0.15) is 0 Å². The van der Waals surface area contributed by atoms with Gasteiger partial charge < -0.3 is 64.6 Å². The molecule has 0 spiro atoms. The second-order valence-corrected chi connectivity index (χ2v) is 1.39. The van der Waals surface area contributed by atoms with Gasteiger partial charge in [0.05, 0.1) is 0 Å². The maximum absolute atomic E-state index is 7.17. The summed E-state index contributed by atoms with van der Waals surface area (Å²) in [6.07, 6.45) is 0. The fraction of sp³-hybridized carbons (Fsp3) is 0. The average Bonchev–Trinajstić information content (AvgIpc) is 1.76. The van der Waals surface area contributed by atoms with Crippen molar-refractivity contribution in [3.8, 4) is 0 Å². The van der Waals surface area contributed by atoms with Crippen LogP contribution < -0.4 is 18.9 Å². The minimum atomic E-state index is -2.17. The Morgan fingerprint density at radius 3 is 0.389 bits per heavy atom. The van der Waals surface area contributed by atoms with Crippen LogP contribution in [-0.2, 0) is 0 Å². The van der Waals surface area contributed by atoms with Gasteiger partial charge in [0.25, 0.3) is 0 Å². The summed E-state index contributed by atoms with van der Waals surface area (Å²) in [6.45, 7) is 0. The first-order valence-electron chi connectivity index (χ1n) is 3.10. The Bertz CT molecular complexity index is 79.5. The van der Waals surface area contributed by atoms with Crippen molar-refractivity contribution in [2.45, 2.75) is 0 Å². The smallest absolute Gasteiger partial charge is 1.00 e. The standard InChI is InChI=1S/4BH3O3.Be.Li.3H/c4*2-1(3)4;;;;;/h4*2-4H;;;;;/q;;;;+2;+1;3*-1. The summed E-state index contributed by atoms with van der Waals surface area (Å²) in [4.78, 5) is 0. The molecule has 0 aliphatic carbocycles. The van der Waals surface area contributed by atoms with Crippen LogP contribution in [0.5, 0.6) is 0 Å². The SMILES string of the molecule is OB(O)O.OB(O)O.OB(O)O.OB(O)O.[Be+2].[H-].[H-].[H-].[Li+]. The van der Waals surface area contributed by atoms with E-state index >= 15 is 0 Å². The third-order valence-electron chi connectivity index (χ3n) is 0. The zero-order chi connectivity index (χ0) is 14.3. The summed E-state index contributed by atoms with van der Waals surface area (Å²) in [7, 11) is -8.67. The second-order valence-electron chi connectivity index (χ2n) is 1.39. The van der Waals surface area contributed by atoms with E-state index in [9.17, 15) is 0 Å². The van der Waals surface area contributed by atoms with Gasteiger partial charge in [-0.3, -0.25) is 0 Å². The Morgan fingerprint density at radius 2 is 0.389 bits per heavy atom. The molecule has 12 nitrogen and oxygen atoms in total. The van der Waals surface area contributed by atoms with Crippen molar-refractivity contribution >= 4 is 39.4 Å². The van der Waals surface area contributed by atoms with E-state index in [-0.39, 0.29) is 33.3 Å². The van der Waals surface area contributed by atoms with Crippen molar-refractivity contribution in [1.29, 1.82) is 0 Å². The summed E-state index contributed by atoms with van der Waals surface area (Å²) in [6, 6.07) is 0. The third-order valence-corrected chi connectivity index (χ3v) is 0. The maximum Gasteiger partial charge on any atom is 2.00 e. The van der Waals surface area contributed by atoms with Crippen molar-refractivity contribution in [3.63, 3.8) is 0 Å². The molecule has 0 unspecified atom stereocenters. The molecule has 0 atom stereocenters. The van der Waals surface area contributed by atoms with Gasteiger partial charge in [-0.05, 0) is 0 Å². The summed E-state index contributed by atoms with van der Waals surface area (Å²) in [5.41, 5.74) is 0. The van der Waals surface area contributed by atoms with Crippen LogP contribution in [0.15, 0.2) is 0 Å². The van der Waals surface area contributed by atoms with Crippen LogP contribution in [0.3, 0.4) is 0 Å². The predicted molar refractivity (Wildman–Crippen MR) is 58.7 cm³/mol. The average molecular weight is 266 g/mol. The van der Waals surface area contributed by atoms with Crippen molar-refractivity contribution in [1.82, 2.24) is 0 Å². The molecule has 0 saturated carbocycles. The Kier molecular flexibility index (Phi) is 61.5. The van der Waals surface area contributed by atoms with E-state index in [2.05, 4.69) is 0 Å². The monoisotopic (exact) mass is 267 g/mol. The van der Waals surface area contributed by atoms with Crippen LogP contribution in [-0.4, -0.2) is 99.7 Å². The number of hydrogen-bond donors (Lipinski definition) is 12. The summed E-state index contributed by atoms with van der Waals surface area (Å²) in [5, 5.41) is 86.0. The first-order chi connectivity index (χ1) is 6.93. The molecule has 18 heteroatoms. The topological polar surface area (TPSA) is 243 Å². The molecule has 0 radical (unpaired) electrons. The van der Waals surface area contributed by atoms with Gasteiger partial charge in [-0.2, -0.15) is 0 Å². The van der Waals surface area contributed by atoms with Crippen molar-refractivity contribution in [2.24, 2.45) is 0 Å². The number of hydrogen-bond acceptors (Lipinski definition) is 12. The van der Waals surface area contributed by atoms with Gasteiger partial charge in [0.2, 0.25) is 0 Å². The van der Waals surface area contributed by atoms with Gasteiger partial charge in [-0.25, -0.2) is 0 Å². The Labute approximate surface area is 123 Å². The molecule has 12 N–H and O–H groups in total. The van der Waals surface area contributed by atoms with Gasteiger partial charge in [0.15, 0.2) is 0 Å². The van der Waals surface area contributed by atoms with Crippen molar-refractivity contribution in [2.75, 3.05) is 0 Å². The molecule has 0 aromatic rings. The maximum atomic E-state index is 7.17. The summed E-state index contributed by atoms with van der Waals surface area (Å²) >= 11 is 0. The second kappa shape index (κ2) is 30.5. The van der Waals surface area contributed by atoms with Crippen LogP contribution in [0.1, 0.15) is 4.28 Å². The molecule has 102 valence electrons. The summed E-state index contributed by atoms with van der Waals surface area (Å²) < 4.78 is 0. The van der Waals surface area contributed by atoms with Crippen LogP contribution in [0.4, 0.5) is 0 Å². The van der Waals surface area contributed by atoms with E-state index in [4.69, 9.17) is 60.3 Å². The Morgan fingerprint density at radius 1 is 0.389 bits per heavy atom. The van der Waals surface area contributed by atoms with Gasteiger partial charge >= 0.3 is 58.3 Å². The molecule has 0 saturated heterocycles. The van der Waals surface area contributed by atoms with Gasteiger partial charge in [-0.15, -0.1) is 0 Å². The molecule has 0 amide bonds. The minimum Gasteiger partial charge on any atom is -1.00 e. The molecule has 0 aliphatic heterocycles. The molecule has 0 heterocycles. The molecule has 18 heavy (non-hydrogen) atoms. The van der Waals surface area contributed by atoms with E-state index in [1.54, 1.807) is 0 Å². The first-order valence-corrected chi connectivity index (χ1v) is 3.10. The molecule has 0 aromatic heterocycles. The Balaban J connectivity index is -0.0000000121. The fourth-order valence-electron chi connectivity index (χ4n) is 0. The fourth-order valence-corrected chi connectivity index (χ4v) is 0. The third kappa shape index (κ3) is 13400. The van der Waals surface area contributed by atoms with E-state index in [1.165, 1.54) is 0 Å². The zero-order valence-corrected chi connectivity index (χ0v) is 9.38. The molecule has 0 rings (SSSR count). The van der Waals surface area contributed by atoms with Gasteiger partial charge in [-0.1, -0.05) is 0 Å². The van der Waals surface area contributed by atoms with E-state index in [1.807, 2.05) is 0 Å². The van der Waals surface area contributed by atoms with E-state index < -0.39 is 29.3 Å². The van der Waals surface area contributed by atoms with Gasteiger partial charge in [0, 0.05) is 0 Å². The molecule has 0 aliphatic rings. The quantitative estimate of drug-likeness (QED) is 0.183. The largest absolute Gasteiger partial charge is 2.00 e. The first kappa shape index (κ1) is 36.3. The molecular weight excluding hydrogens is 251 g/mol. The number of rotatable bonds is 0. The predicted octanol–water partition coefficient (Wildman–Crippen LogP) is -11.2. The molecule has 0 bridgehead atoms. The minimum absolute atomic E-state index is 0. The van der Waals surface area contributed by atoms with Crippen LogP contribution in [0.2, 0.25) is 0 Å². The van der Waals surface area contributed by atoms with E-state index in [0.29, 0.717) is 0 Å². The normalized spacial score (nSPS) is 6.00. The van der Waals surface area contributed by atoms with Crippen molar-refractivity contribution < 1.29 is 83.4 Å². The van der Waals surface area contributed by atoms with E-state index in [0.717, 1.165) is 0 Å². The van der Waals surface area contributed by atoms with Crippen LogP contribution in [0.25, 0.3) is 0 Å². The van der Waals surface area contributed by atoms with Crippen LogP contribution >= 0.6 is 0 Å². The van der Waals surface area contributed by atoms with Crippen molar-refractivity contribution in [3.05, 3.63) is 0 Å². The molecular formula is H15B4BeLiO12. The van der Waals surface area contributed by atoms with Crippen LogP contribution in [0, 0.1) is 0 Å². The molecule has 0 fully saturated rings.